The van der Waals surface area contributed by atoms with Gasteiger partial charge in [0, 0.05) is 37.8 Å². The van der Waals surface area contributed by atoms with Crippen LogP contribution in [0.1, 0.15) is 31.7 Å². The van der Waals surface area contributed by atoms with Crippen LogP contribution in [0.15, 0.2) is 35.4 Å². The number of carbonyl (C=O) groups is 6. The summed E-state index contributed by atoms with van der Waals surface area (Å²) in [7, 11) is 0. The Bertz CT molecular complexity index is 1130. The summed E-state index contributed by atoms with van der Waals surface area (Å²) >= 11 is 0. The van der Waals surface area contributed by atoms with Crippen molar-refractivity contribution in [3.63, 3.8) is 0 Å². The monoisotopic (exact) mass is 607 g/mol. The maximum atomic E-state index is 13.3. The van der Waals surface area contributed by atoms with Crippen molar-refractivity contribution in [2.24, 2.45) is 5.11 Å². The number of nitrogens with zero attached hydrogens (tertiary/aromatic N) is 3. The van der Waals surface area contributed by atoms with Gasteiger partial charge in [-0.1, -0.05) is 35.4 Å². The normalized spacial score (nSPS) is 12.5. The molecule has 1 rings (SSSR count). The summed E-state index contributed by atoms with van der Waals surface area (Å²) < 4.78 is 10.5. The highest BCUT2D eigenvalue weighted by molar-refractivity contribution is 5.95. The fraction of sp³-hybridized carbons (Fsp3) is 0.538. The molecule has 0 bridgehead atoms. The van der Waals surface area contributed by atoms with Gasteiger partial charge in [0.2, 0.25) is 23.6 Å². The van der Waals surface area contributed by atoms with Gasteiger partial charge < -0.3 is 41.0 Å². The van der Waals surface area contributed by atoms with E-state index in [1.54, 1.807) is 30.3 Å². The summed E-state index contributed by atoms with van der Waals surface area (Å²) in [5.41, 5.74) is 8.82. The minimum atomic E-state index is -1.50. The van der Waals surface area contributed by atoms with Crippen LogP contribution >= 0.6 is 0 Å². The van der Waals surface area contributed by atoms with Crippen LogP contribution in [0.5, 0.6) is 0 Å². The zero-order valence-corrected chi connectivity index (χ0v) is 23.7. The number of azide groups is 1. The predicted molar refractivity (Wildman–Crippen MR) is 149 cm³/mol. The Balaban J connectivity index is 2.87. The predicted octanol–water partition coefficient (Wildman–Crippen LogP) is -0.497. The largest absolute Gasteiger partial charge is 0.481 e. The molecule has 0 saturated heterocycles. The van der Waals surface area contributed by atoms with Gasteiger partial charge in [0.05, 0.1) is 32.8 Å². The van der Waals surface area contributed by atoms with E-state index >= 15 is 0 Å². The minimum Gasteiger partial charge on any atom is -0.481 e. The Morgan fingerprint density at radius 3 is 2.07 bits per heavy atom. The first kappa shape index (κ1) is 36.3. The summed E-state index contributed by atoms with van der Waals surface area (Å²) in [6.07, 6.45) is -1.47. The summed E-state index contributed by atoms with van der Waals surface area (Å²) in [6.45, 7) is 2.02. The molecule has 0 aliphatic carbocycles. The molecule has 17 heteroatoms. The van der Waals surface area contributed by atoms with Crippen molar-refractivity contribution in [1.82, 2.24) is 21.3 Å². The SMILES string of the molecule is CC(=O)N[C@@H](CCC(=O)O)C(=O)N[C@@H](Cc1ccccc1)C(=O)N[C@@H](CC(=O)O)C(=O)NCCOCCOCCN=[N+]=[N-]. The number of aliphatic carboxylic acids is 2. The average molecular weight is 608 g/mol. The lowest BCUT2D eigenvalue weighted by atomic mass is 10.0. The molecule has 43 heavy (non-hydrogen) atoms. The van der Waals surface area contributed by atoms with Crippen LogP contribution in [0.2, 0.25) is 0 Å². The van der Waals surface area contributed by atoms with Crippen LogP contribution in [0.3, 0.4) is 0 Å². The molecular formula is C26H37N7O10. The van der Waals surface area contributed by atoms with Crippen molar-refractivity contribution in [2.45, 2.75) is 50.7 Å². The molecular weight excluding hydrogens is 570 g/mol. The molecule has 236 valence electrons. The highest BCUT2D eigenvalue weighted by Gasteiger charge is 2.30. The fourth-order valence-electron chi connectivity index (χ4n) is 3.61. The Labute approximate surface area is 247 Å². The summed E-state index contributed by atoms with van der Waals surface area (Å²) in [4.78, 5) is 75.7. The molecule has 0 fully saturated rings. The summed E-state index contributed by atoms with van der Waals surface area (Å²) in [5.74, 6) is -5.64. The highest BCUT2D eigenvalue weighted by Crippen LogP contribution is 2.07. The van der Waals surface area contributed by atoms with Gasteiger partial charge in [-0.15, -0.1) is 0 Å². The molecule has 4 amide bonds. The third-order valence-electron chi connectivity index (χ3n) is 5.58. The first-order valence-electron chi connectivity index (χ1n) is 13.3. The van der Waals surface area contributed by atoms with E-state index in [9.17, 15) is 33.9 Å². The number of hydrogen-bond donors (Lipinski definition) is 6. The lowest BCUT2D eigenvalue weighted by Gasteiger charge is -2.25. The Morgan fingerprint density at radius 2 is 1.47 bits per heavy atom. The zero-order chi connectivity index (χ0) is 32.0. The molecule has 0 radical (unpaired) electrons. The van der Waals surface area contributed by atoms with E-state index in [2.05, 4.69) is 31.3 Å². The fourth-order valence-corrected chi connectivity index (χ4v) is 3.61. The average Bonchev–Trinajstić information content (AvgIpc) is 2.95. The molecule has 0 unspecified atom stereocenters. The second kappa shape index (κ2) is 21.0. The molecule has 0 aliphatic rings. The van der Waals surface area contributed by atoms with Gasteiger partial charge in [-0.05, 0) is 17.5 Å². The van der Waals surface area contributed by atoms with Crippen molar-refractivity contribution in [1.29, 1.82) is 0 Å². The van der Waals surface area contributed by atoms with Gasteiger partial charge in [-0.2, -0.15) is 0 Å². The minimum absolute atomic E-state index is 0.00426. The molecule has 0 spiro atoms. The number of carboxylic acid groups (broad SMARTS) is 2. The third-order valence-corrected chi connectivity index (χ3v) is 5.58. The smallest absolute Gasteiger partial charge is 0.305 e. The quantitative estimate of drug-likeness (QED) is 0.0426. The molecule has 0 heterocycles. The molecule has 0 aliphatic heterocycles. The number of amides is 4. The topological polar surface area (TPSA) is 258 Å². The second-order valence-electron chi connectivity index (χ2n) is 9.07. The van der Waals surface area contributed by atoms with E-state index in [4.69, 9.17) is 20.1 Å². The Kier molecular flexibility index (Phi) is 17.8. The van der Waals surface area contributed by atoms with Crippen LogP contribution in [0, 0.1) is 0 Å². The Hall–Kier alpha value is -4.73. The van der Waals surface area contributed by atoms with Crippen molar-refractivity contribution < 1.29 is 48.5 Å². The van der Waals surface area contributed by atoms with Crippen molar-refractivity contribution in [2.75, 3.05) is 39.5 Å². The van der Waals surface area contributed by atoms with Crippen LogP contribution in [0.25, 0.3) is 10.4 Å². The molecule has 6 N–H and O–H groups in total. The van der Waals surface area contributed by atoms with Crippen molar-refractivity contribution in [3.8, 4) is 0 Å². The van der Waals surface area contributed by atoms with Gasteiger partial charge in [-0.25, -0.2) is 0 Å². The number of rotatable bonds is 22. The molecule has 1 aromatic rings. The van der Waals surface area contributed by atoms with E-state index in [-0.39, 0.29) is 52.4 Å². The zero-order valence-electron chi connectivity index (χ0n) is 23.7. The second-order valence-corrected chi connectivity index (χ2v) is 9.07. The van der Waals surface area contributed by atoms with Gasteiger partial charge in [-0.3, -0.25) is 28.8 Å². The number of hydrogen-bond acceptors (Lipinski definition) is 9. The van der Waals surface area contributed by atoms with E-state index in [1.165, 1.54) is 0 Å². The number of ether oxygens (including phenoxy) is 2. The highest BCUT2D eigenvalue weighted by atomic mass is 16.5. The van der Waals surface area contributed by atoms with Gasteiger partial charge in [0.15, 0.2) is 0 Å². The van der Waals surface area contributed by atoms with E-state index in [1.807, 2.05) is 0 Å². The first-order chi connectivity index (χ1) is 20.5. The van der Waals surface area contributed by atoms with Gasteiger partial charge in [0.25, 0.3) is 0 Å². The molecule has 1 aromatic carbocycles. The van der Waals surface area contributed by atoms with Gasteiger partial charge >= 0.3 is 11.9 Å². The van der Waals surface area contributed by atoms with Gasteiger partial charge in [0.1, 0.15) is 18.1 Å². The van der Waals surface area contributed by atoms with Crippen LogP contribution in [0.4, 0.5) is 0 Å². The number of carboxylic acids is 2. The molecule has 0 aromatic heterocycles. The Morgan fingerprint density at radius 1 is 0.837 bits per heavy atom. The standard InChI is InChI=1S/C26H37N7O10/c1-17(34)30-19(7-8-22(35)36)25(40)31-20(15-18-5-3-2-4-6-18)26(41)32-21(16-23(37)38)24(39)28-9-11-42-13-14-43-12-10-29-33-27/h2-6,19-21H,7-16H2,1H3,(H,28,39)(H,30,34)(H,31,40)(H,32,41)(H,35,36)(H,37,38)/t19-,20-,21-/m0/s1. The lowest BCUT2D eigenvalue weighted by molar-refractivity contribution is -0.141. The maximum absolute atomic E-state index is 13.3. The van der Waals surface area contributed by atoms with Crippen LogP contribution < -0.4 is 21.3 Å². The lowest BCUT2D eigenvalue weighted by Crippen LogP contribution is -2.57. The van der Waals surface area contributed by atoms with Crippen molar-refractivity contribution >= 4 is 35.6 Å². The molecule has 17 nitrogen and oxygen atoms in total. The first-order valence-corrected chi connectivity index (χ1v) is 13.3. The number of benzene rings is 1. The van der Waals surface area contributed by atoms with E-state index < -0.39 is 66.5 Å². The molecule has 0 saturated carbocycles. The summed E-state index contributed by atoms with van der Waals surface area (Å²) in [5, 5.41) is 31.3. The summed E-state index contributed by atoms with van der Waals surface area (Å²) in [6, 6.07) is 4.48. The number of nitrogens with one attached hydrogen (secondary N) is 4. The number of carbonyl (C=O) groups excluding carboxylic acids is 4. The maximum Gasteiger partial charge on any atom is 0.305 e. The van der Waals surface area contributed by atoms with Crippen LogP contribution in [-0.2, 0) is 44.7 Å². The third kappa shape index (κ3) is 17.0. The van der Waals surface area contributed by atoms with Crippen LogP contribution in [-0.4, -0.2) is 103 Å². The van der Waals surface area contributed by atoms with Crippen molar-refractivity contribution in [3.05, 3.63) is 46.3 Å². The van der Waals surface area contributed by atoms with E-state index in [0.29, 0.717) is 5.56 Å². The van der Waals surface area contributed by atoms with E-state index in [0.717, 1.165) is 6.92 Å². The molecule has 3 atom stereocenters.